The van der Waals surface area contributed by atoms with E-state index < -0.39 is 0 Å². The van der Waals surface area contributed by atoms with E-state index in [1.165, 1.54) is 37.7 Å². The Kier molecular flexibility index (Phi) is 7.87. The van der Waals surface area contributed by atoms with Crippen molar-refractivity contribution in [3.63, 3.8) is 0 Å². The summed E-state index contributed by atoms with van der Waals surface area (Å²) in [6.07, 6.45) is 9.89. The summed E-state index contributed by atoms with van der Waals surface area (Å²) in [6, 6.07) is 16.2. The maximum absolute atomic E-state index is 12.9. The number of carbonyl (C=O) groups is 1. The topological polar surface area (TPSA) is 52.1 Å². The predicted molar refractivity (Wildman–Crippen MR) is 133 cm³/mol. The van der Waals surface area contributed by atoms with E-state index in [9.17, 15) is 4.79 Å². The first kappa shape index (κ1) is 23.2. The van der Waals surface area contributed by atoms with Crippen molar-refractivity contribution in [3.8, 4) is 17.0 Å². The maximum atomic E-state index is 12.9. The second-order valence-electron chi connectivity index (χ2n) is 9.19. The number of aromatic nitrogens is 2. The fraction of sp³-hybridized carbons (Fsp3) is 0.414. The number of hydrogen-bond donors (Lipinski definition) is 0. The zero-order valence-electron chi connectivity index (χ0n) is 19.8. The van der Waals surface area contributed by atoms with Gasteiger partial charge in [-0.15, -0.1) is 0 Å². The lowest BCUT2D eigenvalue weighted by atomic mass is 9.85. The van der Waals surface area contributed by atoms with E-state index in [4.69, 9.17) is 14.7 Å². The Hall–Kier alpha value is -3.01. The van der Waals surface area contributed by atoms with Gasteiger partial charge in [0.05, 0.1) is 36.3 Å². The van der Waals surface area contributed by atoms with Crippen LogP contribution in [0.25, 0.3) is 11.3 Å². The Morgan fingerprint density at radius 3 is 2.36 bits per heavy atom. The molecule has 0 saturated heterocycles. The third-order valence-corrected chi connectivity index (χ3v) is 6.49. The molecule has 4 rings (SSSR count). The number of hydrogen-bond acceptors (Lipinski definition) is 4. The highest BCUT2D eigenvalue weighted by molar-refractivity contribution is 5.83. The molecule has 0 atom stereocenters. The molecule has 1 fully saturated rings. The van der Waals surface area contributed by atoms with Gasteiger partial charge in [0.1, 0.15) is 11.5 Å². The van der Waals surface area contributed by atoms with E-state index in [1.807, 2.05) is 49.5 Å². The van der Waals surface area contributed by atoms with Gasteiger partial charge in [-0.25, -0.2) is 4.98 Å². The highest BCUT2D eigenvalue weighted by atomic mass is 16.5. The predicted octanol–water partition coefficient (Wildman–Crippen LogP) is 6.33. The van der Waals surface area contributed by atoms with Gasteiger partial charge < -0.3 is 4.74 Å². The van der Waals surface area contributed by atoms with E-state index >= 15 is 0 Å². The maximum Gasteiger partial charge on any atom is 0.143 e. The molecule has 172 valence electrons. The highest BCUT2D eigenvalue weighted by Gasteiger charge is 2.19. The van der Waals surface area contributed by atoms with E-state index in [0.29, 0.717) is 25.4 Å². The minimum atomic E-state index is 0.187. The summed E-state index contributed by atoms with van der Waals surface area (Å²) < 4.78 is 5.57. The molecule has 4 heteroatoms. The molecule has 0 radical (unpaired) electrons. The number of aryl methyl sites for hydroxylation is 1. The second-order valence-corrected chi connectivity index (χ2v) is 9.19. The van der Waals surface area contributed by atoms with Gasteiger partial charge >= 0.3 is 0 Å². The molecule has 33 heavy (non-hydrogen) atoms. The van der Waals surface area contributed by atoms with Crippen LogP contribution in [0, 0.1) is 12.8 Å². The average molecular weight is 443 g/mol. The molecule has 1 heterocycles. The number of rotatable bonds is 9. The zero-order chi connectivity index (χ0) is 23.0. The second kappa shape index (κ2) is 11.2. The van der Waals surface area contributed by atoms with Crippen LogP contribution in [0.5, 0.6) is 5.75 Å². The first-order valence-electron chi connectivity index (χ1n) is 12.3. The molecule has 1 saturated carbocycles. The minimum absolute atomic E-state index is 0.187. The van der Waals surface area contributed by atoms with Crippen molar-refractivity contribution in [2.24, 2.45) is 5.92 Å². The van der Waals surface area contributed by atoms with Gasteiger partial charge in [-0.3, -0.25) is 9.78 Å². The number of Topliss-reactive ketones (excluding diaryl/α,β-unsaturated/α-hetero) is 1. The number of carbonyl (C=O) groups excluding carboxylic acids is 1. The molecule has 0 spiro atoms. The lowest BCUT2D eigenvalue weighted by molar-refractivity contribution is -0.117. The lowest BCUT2D eigenvalue weighted by Gasteiger charge is -2.22. The summed E-state index contributed by atoms with van der Waals surface area (Å²) in [5.74, 6) is 1.68. The monoisotopic (exact) mass is 442 g/mol. The third-order valence-electron chi connectivity index (χ3n) is 6.49. The minimum Gasteiger partial charge on any atom is -0.494 e. The van der Waals surface area contributed by atoms with Crippen LogP contribution < -0.4 is 4.74 Å². The van der Waals surface area contributed by atoms with Gasteiger partial charge in [-0.05, 0) is 56.0 Å². The SMILES string of the molecule is CCOc1ccc(-c2cnc(CC(=O)Cc3ccc(C)cc3)c(CC3CCCCC3)n2)cc1. The van der Waals surface area contributed by atoms with Crippen LogP contribution in [0.15, 0.2) is 54.7 Å². The van der Waals surface area contributed by atoms with E-state index in [0.717, 1.165) is 40.4 Å². The zero-order valence-corrected chi connectivity index (χ0v) is 19.8. The molecular weight excluding hydrogens is 408 g/mol. The first-order chi connectivity index (χ1) is 16.1. The van der Waals surface area contributed by atoms with Crippen molar-refractivity contribution in [1.82, 2.24) is 9.97 Å². The molecule has 0 aliphatic heterocycles. The molecule has 1 aromatic heterocycles. The Morgan fingerprint density at radius 2 is 1.67 bits per heavy atom. The van der Waals surface area contributed by atoms with Crippen molar-refractivity contribution in [3.05, 3.63) is 77.2 Å². The van der Waals surface area contributed by atoms with Gasteiger partial charge in [-0.1, -0.05) is 61.9 Å². The molecule has 2 aromatic carbocycles. The van der Waals surface area contributed by atoms with Gasteiger partial charge in [0.15, 0.2) is 0 Å². The summed E-state index contributed by atoms with van der Waals surface area (Å²) in [7, 11) is 0. The fourth-order valence-corrected chi connectivity index (χ4v) is 4.64. The molecule has 1 aliphatic carbocycles. The van der Waals surface area contributed by atoms with Gasteiger partial charge in [0.25, 0.3) is 0 Å². The van der Waals surface area contributed by atoms with Crippen molar-refractivity contribution in [2.75, 3.05) is 6.61 Å². The van der Waals surface area contributed by atoms with Crippen LogP contribution in [0.2, 0.25) is 0 Å². The van der Waals surface area contributed by atoms with Crippen LogP contribution in [-0.4, -0.2) is 22.4 Å². The lowest BCUT2D eigenvalue weighted by Crippen LogP contribution is -2.16. The van der Waals surface area contributed by atoms with Crippen LogP contribution in [0.3, 0.4) is 0 Å². The van der Waals surface area contributed by atoms with Crippen molar-refractivity contribution < 1.29 is 9.53 Å². The number of ketones is 1. The summed E-state index contributed by atoms with van der Waals surface area (Å²) in [4.78, 5) is 22.7. The standard InChI is InChI=1S/C29H34N2O2/c1-3-33-26-15-13-24(14-16-26)29-20-30-27(28(31-29)18-22-7-5-4-6-8-22)19-25(32)17-23-11-9-21(2)10-12-23/h9-16,20,22H,3-8,17-19H2,1-2H3. The number of benzene rings is 2. The Bertz CT molecular complexity index is 1050. The van der Waals surface area contributed by atoms with Crippen molar-refractivity contribution >= 4 is 5.78 Å². The first-order valence-corrected chi connectivity index (χ1v) is 12.3. The van der Waals surface area contributed by atoms with Crippen LogP contribution >= 0.6 is 0 Å². The summed E-state index contributed by atoms with van der Waals surface area (Å²) in [5, 5.41) is 0. The molecule has 0 amide bonds. The normalized spacial score (nSPS) is 14.2. The molecule has 0 bridgehead atoms. The van der Waals surface area contributed by atoms with Crippen LogP contribution in [0.1, 0.15) is 61.5 Å². The molecule has 1 aliphatic rings. The Labute approximate surface area is 197 Å². The van der Waals surface area contributed by atoms with E-state index in [1.54, 1.807) is 0 Å². The molecule has 4 nitrogen and oxygen atoms in total. The largest absolute Gasteiger partial charge is 0.494 e. The third kappa shape index (κ3) is 6.50. The van der Waals surface area contributed by atoms with E-state index in [2.05, 4.69) is 19.1 Å². The van der Waals surface area contributed by atoms with Gasteiger partial charge in [-0.2, -0.15) is 0 Å². The van der Waals surface area contributed by atoms with E-state index in [-0.39, 0.29) is 5.78 Å². The average Bonchev–Trinajstić information content (AvgIpc) is 2.83. The van der Waals surface area contributed by atoms with Crippen molar-refractivity contribution in [1.29, 1.82) is 0 Å². The molecule has 0 N–H and O–H groups in total. The van der Waals surface area contributed by atoms with Gasteiger partial charge in [0.2, 0.25) is 0 Å². The molecule has 0 unspecified atom stereocenters. The Morgan fingerprint density at radius 1 is 0.939 bits per heavy atom. The van der Waals surface area contributed by atoms with Crippen LogP contribution in [0.4, 0.5) is 0 Å². The number of ether oxygens (including phenoxy) is 1. The number of nitrogens with zero attached hydrogens (tertiary/aromatic N) is 2. The van der Waals surface area contributed by atoms with Crippen molar-refractivity contribution in [2.45, 2.75) is 65.2 Å². The highest BCUT2D eigenvalue weighted by Crippen LogP contribution is 2.28. The quantitative estimate of drug-likeness (QED) is 0.389. The van der Waals surface area contributed by atoms with Crippen LogP contribution in [-0.2, 0) is 24.1 Å². The summed E-state index contributed by atoms with van der Waals surface area (Å²) in [5.41, 5.74) is 5.97. The van der Waals surface area contributed by atoms with Gasteiger partial charge in [0, 0.05) is 12.0 Å². The summed E-state index contributed by atoms with van der Waals surface area (Å²) in [6.45, 7) is 4.69. The smallest absolute Gasteiger partial charge is 0.143 e. The Balaban J connectivity index is 1.55. The summed E-state index contributed by atoms with van der Waals surface area (Å²) >= 11 is 0. The molecular formula is C29H34N2O2. The molecule has 3 aromatic rings. The fourth-order valence-electron chi connectivity index (χ4n) is 4.64.